The highest BCUT2D eigenvalue weighted by molar-refractivity contribution is 9.10. The maximum atomic E-state index is 12.7. The average Bonchev–Trinajstić information content (AvgIpc) is 2.47. The van der Waals surface area contributed by atoms with Gasteiger partial charge in [-0.15, -0.1) is 12.4 Å². The van der Waals surface area contributed by atoms with Crippen molar-refractivity contribution in [3.05, 3.63) is 28.2 Å². The molecule has 1 heterocycles. The van der Waals surface area contributed by atoms with Crippen molar-refractivity contribution in [3.63, 3.8) is 0 Å². The monoisotopic (exact) mass is 426 g/mol. The van der Waals surface area contributed by atoms with Gasteiger partial charge in [-0.1, -0.05) is 15.9 Å². The van der Waals surface area contributed by atoms with Crippen LogP contribution in [0.25, 0.3) is 0 Å². The van der Waals surface area contributed by atoms with Gasteiger partial charge in [0.1, 0.15) is 0 Å². The molecule has 1 aromatic rings. The van der Waals surface area contributed by atoms with E-state index in [1.165, 1.54) is 0 Å². The number of hydrogen-bond donors (Lipinski definition) is 1. The summed E-state index contributed by atoms with van der Waals surface area (Å²) >= 11 is 3.36. The quantitative estimate of drug-likeness (QED) is 0.708. The highest BCUT2D eigenvalue weighted by Crippen LogP contribution is 2.26. The van der Waals surface area contributed by atoms with Gasteiger partial charge in [-0.05, 0) is 56.5 Å². The lowest BCUT2D eigenvalue weighted by Crippen LogP contribution is -2.41. The molecule has 2 rings (SSSR count). The van der Waals surface area contributed by atoms with Gasteiger partial charge in [0.15, 0.2) is 0 Å². The molecule has 0 bridgehead atoms. The third-order valence-electron chi connectivity index (χ3n) is 3.86. The molecule has 1 saturated heterocycles. The van der Waals surface area contributed by atoms with Gasteiger partial charge in [0.05, 0.1) is 11.0 Å². The van der Waals surface area contributed by atoms with E-state index in [4.69, 9.17) is 10.5 Å². The van der Waals surface area contributed by atoms with Gasteiger partial charge in [0.2, 0.25) is 10.0 Å². The first-order chi connectivity index (χ1) is 10.4. The molecular formula is C15H24BrClN2O3S. The molecule has 0 spiro atoms. The van der Waals surface area contributed by atoms with Crippen LogP contribution in [-0.2, 0) is 14.8 Å². The van der Waals surface area contributed by atoms with E-state index in [9.17, 15) is 8.42 Å². The van der Waals surface area contributed by atoms with Crippen LogP contribution in [0.5, 0.6) is 0 Å². The number of sulfonamides is 1. The number of rotatable bonds is 6. The van der Waals surface area contributed by atoms with Crippen LogP contribution >= 0.6 is 28.3 Å². The molecule has 0 aromatic heterocycles. The Kier molecular flexibility index (Phi) is 8.47. The third kappa shape index (κ3) is 5.41. The smallest absolute Gasteiger partial charge is 0.243 e. The first kappa shape index (κ1) is 20.9. The molecule has 0 saturated carbocycles. The van der Waals surface area contributed by atoms with Gasteiger partial charge in [0, 0.05) is 24.2 Å². The zero-order valence-electron chi connectivity index (χ0n) is 13.2. The highest BCUT2D eigenvalue weighted by Gasteiger charge is 2.30. The number of nitrogens with two attached hydrogens (primary N) is 1. The second-order valence-electron chi connectivity index (χ2n) is 5.53. The zero-order chi connectivity index (χ0) is 16.2. The van der Waals surface area contributed by atoms with Gasteiger partial charge >= 0.3 is 0 Å². The van der Waals surface area contributed by atoms with Crippen LogP contribution in [0.1, 0.15) is 24.8 Å². The van der Waals surface area contributed by atoms with E-state index in [1.54, 1.807) is 16.4 Å². The Morgan fingerprint density at radius 3 is 2.57 bits per heavy atom. The van der Waals surface area contributed by atoms with Crippen LogP contribution in [-0.4, -0.2) is 45.1 Å². The van der Waals surface area contributed by atoms with Crippen molar-refractivity contribution < 1.29 is 13.2 Å². The van der Waals surface area contributed by atoms with Crippen molar-refractivity contribution >= 4 is 38.4 Å². The summed E-state index contributed by atoms with van der Waals surface area (Å²) in [5, 5.41) is 0. The maximum absolute atomic E-state index is 12.7. The van der Waals surface area contributed by atoms with E-state index >= 15 is 0 Å². The summed E-state index contributed by atoms with van der Waals surface area (Å²) in [5.74, 6) is 0. The van der Waals surface area contributed by atoms with Crippen molar-refractivity contribution in [3.8, 4) is 0 Å². The van der Waals surface area contributed by atoms with E-state index in [0.29, 0.717) is 31.1 Å². The normalized spacial score (nSPS) is 17.0. The Hall–Kier alpha value is -0.180. The molecule has 1 fully saturated rings. The molecule has 0 unspecified atom stereocenters. The van der Waals surface area contributed by atoms with E-state index in [-0.39, 0.29) is 18.5 Å². The standard InChI is InChI=1S/C15H23BrN2O3S.ClH/c1-12-11-13(16)3-4-15(12)22(19,20)18-8-5-14(6-9-18)21-10-2-7-17;/h3-4,11,14H,2,5-10,17H2,1H3;1H. The van der Waals surface area contributed by atoms with Crippen LogP contribution in [0.2, 0.25) is 0 Å². The topological polar surface area (TPSA) is 72.6 Å². The largest absolute Gasteiger partial charge is 0.378 e. The zero-order valence-corrected chi connectivity index (χ0v) is 16.4. The molecule has 0 atom stereocenters. The molecule has 2 N–H and O–H groups in total. The summed E-state index contributed by atoms with van der Waals surface area (Å²) in [6.45, 7) is 4.10. The molecule has 5 nitrogen and oxygen atoms in total. The van der Waals surface area contributed by atoms with E-state index in [1.807, 2.05) is 13.0 Å². The number of benzene rings is 1. The molecule has 1 aliphatic rings. The fourth-order valence-corrected chi connectivity index (χ4v) is 4.76. The average molecular weight is 428 g/mol. The van der Waals surface area contributed by atoms with Crippen LogP contribution in [0.3, 0.4) is 0 Å². The summed E-state index contributed by atoms with van der Waals surface area (Å²) in [5.41, 5.74) is 6.20. The SMILES string of the molecule is Cc1cc(Br)ccc1S(=O)(=O)N1CCC(OCCCN)CC1.Cl. The number of halogens is 2. The molecule has 23 heavy (non-hydrogen) atoms. The second-order valence-corrected chi connectivity index (χ2v) is 8.35. The number of hydrogen-bond acceptors (Lipinski definition) is 4. The van der Waals surface area contributed by atoms with Gasteiger partial charge in [0.25, 0.3) is 0 Å². The minimum absolute atomic E-state index is 0. The summed E-state index contributed by atoms with van der Waals surface area (Å²) in [7, 11) is -3.42. The Morgan fingerprint density at radius 1 is 1.35 bits per heavy atom. The van der Waals surface area contributed by atoms with Crippen molar-refractivity contribution in [2.45, 2.75) is 37.2 Å². The van der Waals surface area contributed by atoms with E-state index < -0.39 is 10.0 Å². The lowest BCUT2D eigenvalue weighted by atomic mass is 10.1. The van der Waals surface area contributed by atoms with Crippen molar-refractivity contribution in [2.75, 3.05) is 26.2 Å². The first-order valence-electron chi connectivity index (χ1n) is 7.53. The first-order valence-corrected chi connectivity index (χ1v) is 9.76. The minimum atomic E-state index is -3.42. The number of ether oxygens (including phenoxy) is 1. The summed E-state index contributed by atoms with van der Waals surface area (Å²) in [6, 6.07) is 5.26. The molecule has 1 aliphatic heterocycles. The van der Waals surface area contributed by atoms with Crippen LogP contribution in [0.4, 0.5) is 0 Å². The highest BCUT2D eigenvalue weighted by atomic mass is 79.9. The van der Waals surface area contributed by atoms with E-state index in [2.05, 4.69) is 15.9 Å². The molecule has 0 amide bonds. The Morgan fingerprint density at radius 2 is 2.00 bits per heavy atom. The number of piperidine rings is 1. The molecular weight excluding hydrogens is 404 g/mol. The Bertz CT molecular complexity index is 605. The summed E-state index contributed by atoms with van der Waals surface area (Å²) in [6.07, 6.45) is 2.46. The van der Waals surface area contributed by atoms with Gasteiger partial charge in [-0.2, -0.15) is 4.31 Å². The molecule has 132 valence electrons. The molecule has 8 heteroatoms. The molecule has 0 radical (unpaired) electrons. The van der Waals surface area contributed by atoms with Crippen LogP contribution in [0.15, 0.2) is 27.6 Å². The minimum Gasteiger partial charge on any atom is -0.378 e. The van der Waals surface area contributed by atoms with E-state index in [0.717, 1.165) is 29.3 Å². The van der Waals surface area contributed by atoms with Crippen molar-refractivity contribution in [2.24, 2.45) is 5.73 Å². The lowest BCUT2D eigenvalue weighted by Gasteiger charge is -2.31. The van der Waals surface area contributed by atoms with Gasteiger partial charge < -0.3 is 10.5 Å². The van der Waals surface area contributed by atoms with Crippen molar-refractivity contribution in [1.82, 2.24) is 4.31 Å². The lowest BCUT2D eigenvalue weighted by molar-refractivity contribution is 0.0209. The van der Waals surface area contributed by atoms with Gasteiger partial charge in [-0.25, -0.2) is 8.42 Å². The van der Waals surface area contributed by atoms with Crippen LogP contribution in [0, 0.1) is 6.92 Å². The predicted octanol–water partition coefficient (Wildman–Crippen LogP) is 2.70. The molecule has 0 aliphatic carbocycles. The van der Waals surface area contributed by atoms with Crippen molar-refractivity contribution in [1.29, 1.82) is 0 Å². The fourth-order valence-electron chi connectivity index (χ4n) is 2.61. The Labute approximate surface area is 153 Å². The number of aryl methyl sites for hydroxylation is 1. The second kappa shape index (κ2) is 9.34. The van der Waals surface area contributed by atoms with Gasteiger partial charge in [-0.3, -0.25) is 0 Å². The maximum Gasteiger partial charge on any atom is 0.243 e. The summed E-state index contributed by atoms with van der Waals surface area (Å²) < 4.78 is 33.6. The molecule has 1 aromatic carbocycles. The Balaban J connectivity index is 0.00000264. The fraction of sp³-hybridized carbons (Fsp3) is 0.600. The third-order valence-corrected chi connectivity index (χ3v) is 6.41. The predicted molar refractivity (Wildman–Crippen MR) is 97.5 cm³/mol. The number of nitrogens with zero attached hydrogens (tertiary/aromatic N) is 1. The van der Waals surface area contributed by atoms with Crippen LogP contribution < -0.4 is 5.73 Å². The summed E-state index contributed by atoms with van der Waals surface area (Å²) in [4.78, 5) is 0.387.